The Bertz CT molecular complexity index is 930. The second-order valence-electron chi connectivity index (χ2n) is 6.70. The number of halogens is 1. The molecule has 0 saturated carbocycles. The zero-order chi connectivity index (χ0) is 20.9. The van der Waals surface area contributed by atoms with Gasteiger partial charge < -0.3 is 19.1 Å². The Balaban J connectivity index is 1.55. The van der Waals surface area contributed by atoms with E-state index in [1.165, 1.54) is 41.6 Å². The molecule has 1 saturated heterocycles. The number of piperazine rings is 1. The van der Waals surface area contributed by atoms with Gasteiger partial charge in [0.1, 0.15) is 13.2 Å². The van der Waals surface area contributed by atoms with Gasteiger partial charge in [-0.1, -0.05) is 12.1 Å². The Morgan fingerprint density at radius 1 is 1.00 bits per heavy atom. The van der Waals surface area contributed by atoms with Crippen molar-refractivity contribution in [3.63, 3.8) is 0 Å². The lowest BCUT2D eigenvalue weighted by molar-refractivity contribution is -0.903. The van der Waals surface area contributed by atoms with Crippen LogP contribution in [0.2, 0.25) is 0 Å². The number of benzene rings is 2. The summed E-state index contributed by atoms with van der Waals surface area (Å²) in [6, 6.07) is 10.9. The van der Waals surface area contributed by atoms with Gasteiger partial charge in [-0.05, 0) is 24.3 Å². The van der Waals surface area contributed by atoms with E-state index in [9.17, 15) is 12.8 Å². The van der Waals surface area contributed by atoms with Crippen LogP contribution in [0.5, 0.6) is 17.2 Å². The van der Waals surface area contributed by atoms with Crippen molar-refractivity contribution < 1.29 is 31.9 Å². The van der Waals surface area contributed by atoms with Crippen LogP contribution in [0.15, 0.2) is 47.4 Å². The lowest BCUT2D eigenvalue weighted by Crippen LogP contribution is -3.15. The maximum Gasteiger partial charge on any atom is 0.243 e. The number of nitrogens with one attached hydrogen (secondary N) is 1. The first-order valence-corrected chi connectivity index (χ1v) is 10.8. The van der Waals surface area contributed by atoms with E-state index in [0.29, 0.717) is 50.8 Å². The first-order chi connectivity index (χ1) is 14.0. The highest BCUT2D eigenvalue weighted by atomic mass is 32.2. The molecule has 0 atom stereocenters. The van der Waals surface area contributed by atoms with E-state index in [1.54, 1.807) is 24.3 Å². The number of ether oxygens (including phenoxy) is 3. The Morgan fingerprint density at radius 2 is 1.69 bits per heavy atom. The summed E-state index contributed by atoms with van der Waals surface area (Å²) in [4.78, 5) is 1.40. The van der Waals surface area contributed by atoms with E-state index in [2.05, 4.69) is 0 Å². The minimum absolute atomic E-state index is 0.182. The molecule has 1 aliphatic rings. The number of rotatable bonds is 8. The van der Waals surface area contributed by atoms with Crippen molar-refractivity contribution in [2.24, 2.45) is 0 Å². The number of quaternary nitrogens is 1. The molecule has 0 unspecified atom stereocenters. The van der Waals surface area contributed by atoms with Crippen molar-refractivity contribution in [1.82, 2.24) is 4.31 Å². The Labute approximate surface area is 170 Å². The van der Waals surface area contributed by atoms with Gasteiger partial charge in [0.05, 0.1) is 45.3 Å². The van der Waals surface area contributed by atoms with Crippen LogP contribution in [-0.2, 0) is 10.0 Å². The van der Waals surface area contributed by atoms with Crippen molar-refractivity contribution >= 4 is 10.0 Å². The van der Waals surface area contributed by atoms with Gasteiger partial charge >= 0.3 is 0 Å². The normalized spacial score (nSPS) is 15.8. The van der Waals surface area contributed by atoms with E-state index in [1.807, 2.05) is 0 Å². The second kappa shape index (κ2) is 9.43. The first-order valence-electron chi connectivity index (χ1n) is 9.39. The third-order valence-electron chi connectivity index (χ3n) is 4.97. The molecular formula is C20H26FN2O5S+. The van der Waals surface area contributed by atoms with E-state index in [0.717, 1.165) is 0 Å². The molecule has 3 rings (SSSR count). The zero-order valence-electron chi connectivity index (χ0n) is 16.6. The van der Waals surface area contributed by atoms with Gasteiger partial charge in [0, 0.05) is 6.07 Å². The minimum Gasteiger partial charge on any atom is -0.493 e. The Hall–Kier alpha value is -2.36. The fourth-order valence-electron chi connectivity index (χ4n) is 3.29. The molecule has 9 heteroatoms. The van der Waals surface area contributed by atoms with Crippen molar-refractivity contribution in [1.29, 1.82) is 0 Å². The van der Waals surface area contributed by atoms with E-state index < -0.39 is 10.0 Å². The topological polar surface area (TPSA) is 69.5 Å². The third kappa shape index (κ3) is 4.98. The molecule has 0 radical (unpaired) electrons. The molecule has 1 aliphatic heterocycles. The molecule has 0 aromatic heterocycles. The quantitative estimate of drug-likeness (QED) is 0.678. The summed E-state index contributed by atoms with van der Waals surface area (Å²) in [5.41, 5.74) is 0. The standard InChI is InChI=1S/C20H25FN2O5S/c1-26-19-8-7-16(15-20(19)27-2)29(24,25)23-11-9-22(10-12-23)13-14-28-18-6-4-3-5-17(18)21/h3-8,15H,9-14H2,1-2H3/p+1. The maximum atomic E-state index is 13.6. The largest absolute Gasteiger partial charge is 0.493 e. The van der Waals surface area contributed by atoms with Gasteiger partial charge in [-0.25, -0.2) is 12.8 Å². The second-order valence-corrected chi connectivity index (χ2v) is 8.64. The van der Waals surface area contributed by atoms with Crippen LogP contribution in [0.3, 0.4) is 0 Å². The molecule has 1 fully saturated rings. The lowest BCUT2D eigenvalue weighted by Gasteiger charge is -2.31. The van der Waals surface area contributed by atoms with E-state index in [4.69, 9.17) is 14.2 Å². The van der Waals surface area contributed by atoms with Crippen LogP contribution < -0.4 is 19.1 Å². The SMILES string of the molecule is COc1ccc(S(=O)(=O)N2CC[NH+](CCOc3ccccc3F)CC2)cc1OC. The summed E-state index contributed by atoms with van der Waals surface area (Å²) in [5.74, 6) is 0.716. The maximum absolute atomic E-state index is 13.6. The molecule has 29 heavy (non-hydrogen) atoms. The summed E-state index contributed by atoms with van der Waals surface area (Å²) in [6.45, 7) is 3.19. The van der Waals surface area contributed by atoms with Crippen molar-refractivity contribution in [2.75, 3.05) is 53.6 Å². The highest BCUT2D eigenvalue weighted by Crippen LogP contribution is 2.30. The highest BCUT2D eigenvalue weighted by molar-refractivity contribution is 7.89. The first kappa shape index (κ1) is 21.4. The molecule has 0 amide bonds. The molecule has 158 valence electrons. The molecule has 1 heterocycles. The van der Waals surface area contributed by atoms with Crippen molar-refractivity contribution in [2.45, 2.75) is 4.90 Å². The number of sulfonamides is 1. The summed E-state index contributed by atoms with van der Waals surface area (Å²) in [6.07, 6.45) is 0. The van der Waals surface area contributed by atoms with Crippen molar-refractivity contribution in [3.05, 3.63) is 48.3 Å². The molecule has 2 aromatic carbocycles. The summed E-state index contributed by atoms with van der Waals surface area (Å²) in [5, 5.41) is 0. The number of nitrogens with zero attached hydrogens (tertiary/aromatic N) is 1. The minimum atomic E-state index is -3.61. The fourth-order valence-corrected chi connectivity index (χ4v) is 4.74. The van der Waals surface area contributed by atoms with Gasteiger partial charge in [0.25, 0.3) is 0 Å². The highest BCUT2D eigenvalue weighted by Gasteiger charge is 2.31. The lowest BCUT2D eigenvalue weighted by atomic mass is 10.3. The predicted molar refractivity (Wildman–Crippen MR) is 106 cm³/mol. The molecular weight excluding hydrogens is 399 g/mol. The van der Waals surface area contributed by atoms with Crippen molar-refractivity contribution in [3.8, 4) is 17.2 Å². The predicted octanol–water partition coefficient (Wildman–Crippen LogP) is 0.811. The van der Waals surface area contributed by atoms with Crippen LogP contribution in [0.1, 0.15) is 0 Å². The van der Waals surface area contributed by atoms with Crippen LogP contribution in [0.4, 0.5) is 4.39 Å². The summed E-state index contributed by atoms with van der Waals surface area (Å²) >= 11 is 0. The van der Waals surface area contributed by atoms with E-state index in [-0.39, 0.29) is 16.5 Å². The zero-order valence-corrected chi connectivity index (χ0v) is 17.4. The monoisotopic (exact) mass is 425 g/mol. The average Bonchev–Trinajstić information content (AvgIpc) is 2.75. The number of para-hydroxylation sites is 1. The average molecular weight is 426 g/mol. The van der Waals surface area contributed by atoms with Gasteiger partial charge in [-0.15, -0.1) is 0 Å². The van der Waals surface area contributed by atoms with E-state index >= 15 is 0 Å². The molecule has 0 aliphatic carbocycles. The molecule has 1 N–H and O–H groups in total. The van der Waals surface area contributed by atoms with Gasteiger partial charge in [-0.2, -0.15) is 4.31 Å². The Kier molecular flexibility index (Phi) is 6.94. The fraction of sp³-hybridized carbons (Fsp3) is 0.400. The number of methoxy groups -OCH3 is 2. The van der Waals surface area contributed by atoms with Gasteiger partial charge in [-0.3, -0.25) is 0 Å². The molecule has 0 bridgehead atoms. The van der Waals surface area contributed by atoms with Crippen LogP contribution in [0.25, 0.3) is 0 Å². The van der Waals surface area contributed by atoms with Gasteiger partial charge in [0.15, 0.2) is 23.1 Å². The molecule has 0 spiro atoms. The van der Waals surface area contributed by atoms with Crippen LogP contribution in [0, 0.1) is 5.82 Å². The van der Waals surface area contributed by atoms with Crippen LogP contribution in [-0.4, -0.2) is 66.3 Å². The smallest absolute Gasteiger partial charge is 0.243 e. The Morgan fingerprint density at radius 3 is 2.34 bits per heavy atom. The van der Waals surface area contributed by atoms with Crippen LogP contribution >= 0.6 is 0 Å². The summed E-state index contributed by atoms with van der Waals surface area (Å²) < 4.78 is 56.8. The summed E-state index contributed by atoms with van der Waals surface area (Å²) in [7, 11) is -0.633. The molecule has 7 nitrogen and oxygen atoms in total. The molecule has 2 aromatic rings. The number of hydrogen-bond donors (Lipinski definition) is 1. The van der Waals surface area contributed by atoms with Gasteiger partial charge in [0.2, 0.25) is 10.0 Å². The third-order valence-corrected chi connectivity index (χ3v) is 6.87. The number of hydrogen-bond acceptors (Lipinski definition) is 5.